The Morgan fingerprint density at radius 2 is 2.19 bits per heavy atom. The summed E-state index contributed by atoms with van der Waals surface area (Å²) in [5, 5.41) is 2.44. The summed E-state index contributed by atoms with van der Waals surface area (Å²) in [6.07, 6.45) is -0.292. The summed E-state index contributed by atoms with van der Waals surface area (Å²) in [5.41, 5.74) is -1.54. The molecule has 0 aliphatic carbocycles. The molecule has 0 bridgehead atoms. The number of H-pyrrole nitrogens is 1. The molecule has 1 aromatic carbocycles. The Bertz CT molecular complexity index is 1190. The Labute approximate surface area is 218 Å². The van der Waals surface area contributed by atoms with E-state index in [1.807, 2.05) is 4.90 Å². The fraction of sp³-hybridized carbons (Fsp3) is 0.565. The van der Waals surface area contributed by atoms with Gasteiger partial charge in [0.25, 0.3) is 11.6 Å². The zero-order valence-electron chi connectivity index (χ0n) is 19.3. The van der Waals surface area contributed by atoms with Gasteiger partial charge in [-0.05, 0) is 35.3 Å². The normalized spacial score (nSPS) is 22.8. The lowest BCUT2D eigenvalue weighted by Crippen LogP contribution is -2.43. The number of halogens is 6. The molecular formula is C23H26BrClF4N4O3. The van der Waals surface area contributed by atoms with Crippen LogP contribution in [0.25, 0.3) is 10.9 Å². The molecule has 0 spiro atoms. The Hall–Kier alpha value is -1.89. The number of benzene rings is 1. The van der Waals surface area contributed by atoms with E-state index in [1.165, 1.54) is 6.08 Å². The van der Waals surface area contributed by atoms with Gasteiger partial charge in [-0.2, -0.15) is 4.98 Å². The molecule has 13 heteroatoms. The van der Waals surface area contributed by atoms with Crippen molar-refractivity contribution < 1.29 is 27.0 Å². The topological polar surface area (TPSA) is 79.5 Å². The highest BCUT2D eigenvalue weighted by Crippen LogP contribution is 2.42. The minimum absolute atomic E-state index is 0.0181. The van der Waals surface area contributed by atoms with E-state index in [4.69, 9.17) is 21.1 Å². The van der Waals surface area contributed by atoms with E-state index in [-0.39, 0.29) is 58.3 Å². The number of fused-ring (bicyclic) bond motifs is 2. The van der Waals surface area contributed by atoms with E-state index < -0.39 is 35.6 Å². The summed E-state index contributed by atoms with van der Waals surface area (Å²) in [7, 11) is 0. The van der Waals surface area contributed by atoms with Gasteiger partial charge in [0, 0.05) is 25.9 Å². The van der Waals surface area contributed by atoms with E-state index in [0.717, 1.165) is 19.4 Å². The highest BCUT2D eigenvalue weighted by molar-refractivity contribution is 9.10. The lowest BCUT2D eigenvalue weighted by molar-refractivity contribution is 0.107. The smallest absolute Gasteiger partial charge is 0.297 e. The van der Waals surface area contributed by atoms with Gasteiger partial charge in [0.2, 0.25) is 6.43 Å². The summed E-state index contributed by atoms with van der Waals surface area (Å²) in [6, 6.07) is -0.736. The lowest BCUT2D eigenvalue weighted by Gasteiger charge is -2.30. The van der Waals surface area contributed by atoms with Crippen molar-refractivity contribution in [2.75, 3.05) is 32.8 Å². The molecule has 2 aromatic rings. The molecule has 3 heterocycles. The van der Waals surface area contributed by atoms with E-state index in [9.17, 15) is 18.0 Å². The van der Waals surface area contributed by atoms with Crippen LogP contribution in [0.3, 0.4) is 0 Å². The average Bonchev–Trinajstić information content (AvgIpc) is 3.35. The number of alkyl halides is 3. The Balaban J connectivity index is 1.58. The standard InChI is InChI=1S/C23H26BrClF4N4O3/c1-2-13(30-6-4-14(27)28)10-35-20-15-19(18(29)16(24)17(20)25)31-22(32-21(15)34)36-11-23-5-3-7-33(23)9-12(26)8-23/h2,12-14,30H,1,3-11H2,(H,31,32,34)/t12-,13+,23+/m1/s1. The van der Waals surface area contributed by atoms with Crippen LogP contribution < -0.4 is 20.3 Å². The summed E-state index contributed by atoms with van der Waals surface area (Å²) >= 11 is 9.34. The molecular weight excluding hydrogens is 572 g/mol. The third-order valence-corrected chi connectivity index (χ3v) is 7.95. The maximum Gasteiger partial charge on any atom is 0.297 e. The second kappa shape index (κ2) is 11.2. The van der Waals surface area contributed by atoms with E-state index in [1.54, 1.807) is 0 Å². The van der Waals surface area contributed by atoms with E-state index in [0.29, 0.717) is 13.0 Å². The fourth-order valence-corrected chi connectivity index (χ4v) is 5.45. The molecule has 4 rings (SSSR count). The Morgan fingerprint density at radius 1 is 1.42 bits per heavy atom. The number of ether oxygens (including phenoxy) is 2. The van der Waals surface area contributed by atoms with Crippen LogP contribution in [-0.2, 0) is 0 Å². The van der Waals surface area contributed by atoms with Gasteiger partial charge in [-0.1, -0.05) is 17.7 Å². The molecule has 0 saturated carbocycles. The number of nitrogens with zero attached hydrogens (tertiary/aromatic N) is 2. The monoisotopic (exact) mass is 596 g/mol. The van der Waals surface area contributed by atoms with Crippen molar-refractivity contribution >= 4 is 38.4 Å². The van der Waals surface area contributed by atoms with Crippen molar-refractivity contribution in [2.24, 2.45) is 0 Å². The van der Waals surface area contributed by atoms with Crippen molar-refractivity contribution in [3.8, 4) is 11.8 Å². The first-order chi connectivity index (χ1) is 17.1. The van der Waals surface area contributed by atoms with Crippen molar-refractivity contribution in [3.63, 3.8) is 0 Å². The van der Waals surface area contributed by atoms with Crippen molar-refractivity contribution in [1.82, 2.24) is 20.2 Å². The molecule has 2 aliphatic heterocycles. The first-order valence-corrected chi connectivity index (χ1v) is 12.7. The molecule has 198 valence electrons. The molecule has 36 heavy (non-hydrogen) atoms. The van der Waals surface area contributed by atoms with Gasteiger partial charge in [-0.3, -0.25) is 14.7 Å². The minimum atomic E-state index is -2.46. The quantitative estimate of drug-likeness (QED) is 0.224. The predicted octanol–water partition coefficient (Wildman–Crippen LogP) is 4.61. The molecule has 2 N–H and O–H groups in total. The Morgan fingerprint density at radius 3 is 2.92 bits per heavy atom. The van der Waals surface area contributed by atoms with Crippen LogP contribution in [0.15, 0.2) is 21.9 Å². The van der Waals surface area contributed by atoms with Crippen LogP contribution in [0.5, 0.6) is 11.8 Å². The molecule has 2 fully saturated rings. The number of aromatic amines is 1. The summed E-state index contributed by atoms with van der Waals surface area (Å²) in [5.74, 6) is -1.00. The fourth-order valence-electron chi connectivity index (χ4n) is 4.85. The van der Waals surface area contributed by atoms with Gasteiger partial charge in [0.15, 0.2) is 11.6 Å². The first kappa shape index (κ1) is 27.2. The van der Waals surface area contributed by atoms with Gasteiger partial charge in [-0.25, -0.2) is 17.6 Å². The number of aromatic nitrogens is 2. The van der Waals surface area contributed by atoms with Gasteiger partial charge in [-0.15, -0.1) is 6.58 Å². The predicted molar refractivity (Wildman–Crippen MR) is 132 cm³/mol. The summed E-state index contributed by atoms with van der Waals surface area (Å²) in [4.78, 5) is 21.7. The third-order valence-electron chi connectivity index (χ3n) is 6.62. The van der Waals surface area contributed by atoms with Crippen LogP contribution in [-0.4, -0.2) is 71.9 Å². The Kier molecular flexibility index (Phi) is 8.48. The molecule has 7 nitrogen and oxygen atoms in total. The van der Waals surface area contributed by atoms with Crippen LogP contribution >= 0.6 is 27.5 Å². The van der Waals surface area contributed by atoms with Crippen LogP contribution in [0.2, 0.25) is 5.02 Å². The third kappa shape index (κ3) is 5.51. The molecule has 0 radical (unpaired) electrons. The maximum absolute atomic E-state index is 15.1. The molecule has 0 amide bonds. The van der Waals surface area contributed by atoms with Crippen LogP contribution in [0.4, 0.5) is 17.6 Å². The van der Waals surface area contributed by atoms with Gasteiger partial charge in [0.1, 0.15) is 35.3 Å². The van der Waals surface area contributed by atoms with Crippen molar-refractivity contribution in [1.29, 1.82) is 0 Å². The average molecular weight is 598 g/mol. The summed E-state index contributed by atoms with van der Waals surface area (Å²) in [6.45, 7) is 4.77. The van der Waals surface area contributed by atoms with Gasteiger partial charge in [0.05, 0.1) is 16.1 Å². The minimum Gasteiger partial charge on any atom is -0.489 e. The summed E-state index contributed by atoms with van der Waals surface area (Å²) < 4.78 is 65.3. The van der Waals surface area contributed by atoms with Crippen LogP contribution in [0.1, 0.15) is 25.7 Å². The molecule has 3 atom stereocenters. The SMILES string of the molecule is C=C[C@@H](COc1c(Cl)c(Br)c(F)c2nc(OC[C@@]34CCCN3C[C@H](F)C4)[nH]c(=O)c12)NCCC(F)F. The number of hydrogen-bond donors (Lipinski definition) is 2. The largest absolute Gasteiger partial charge is 0.489 e. The number of hydrogen-bond acceptors (Lipinski definition) is 6. The molecule has 0 unspecified atom stereocenters. The van der Waals surface area contributed by atoms with Gasteiger partial charge < -0.3 is 14.8 Å². The van der Waals surface area contributed by atoms with Crippen LogP contribution in [0, 0.1) is 5.82 Å². The first-order valence-electron chi connectivity index (χ1n) is 11.5. The van der Waals surface area contributed by atoms with Crippen molar-refractivity contribution in [3.05, 3.63) is 38.3 Å². The lowest BCUT2D eigenvalue weighted by atomic mass is 9.95. The zero-order chi connectivity index (χ0) is 26.0. The molecule has 1 aromatic heterocycles. The van der Waals surface area contributed by atoms with E-state index >= 15 is 4.39 Å². The molecule has 2 aliphatic rings. The number of rotatable bonds is 11. The van der Waals surface area contributed by atoms with E-state index in [2.05, 4.69) is 37.8 Å². The highest BCUT2D eigenvalue weighted by atomic mass is 79.9. The number of nitrogens with one attached hydrogen (secondary N) is 2. The molecule has 2 saturated heterocycles. The zero-order valence-corrected chi connectivity index (χ0v) is 21.6. The second-order valence-corrected chi connectivity index (χ2v) is 10.2. The highest BCUT2D eigenvalue weighted by Gasteiger charge is 2.49. The van der Waals surface area contributed by atoms with Crippen molar-refractivity contribution in [2.45, 2.75) is 49.9 Å². The second-order valence-electron chi connectivity index (χ2n) is 9.02. The van der Waals surface area contributed by atoms with Gasteiger partial charge >= 0.3 is 0 Å². The maximum atomic E-state index is 15.1.